The Morgan fingerprint density at radius 2 is 1.77 bits per heavy atom. The van der Waals surface area contributed by atoms with Crippen molar-refractivity contribution < 1.29 is 28.3 Å². The molecule has 3 rings (SSSR count). The van der Waals surface area contributed by atoms with E-state index in [9.17, 15) is 14.4 Å². The first-order valence-corrected chi connectivity index (χ1v) is 8.08. The molecule has 2 aromatic heterocycles. The van der Waals surface area contributed by atoms with Crippen LogP contribution in [0.1, 0.15) is 39.8 Å². The van der Waals surface area contributed by atoms with Crippen LogP contribution in [0, 0.1) is 0 Å². The summed E-state index contributed by atoms with van der Waals surface area (Å²) in [6.45, 7) is 1.30. The monoisotopic (exact) mass is 355 g/mol. The van der Waals surface area contributed by atoms with Crippen LogP contribution in [0.3, 0.4) is 0 Å². The van der Waals surface area contributed by atoms with Crippen LogP contribution in [-0.2, 0) is 20.7 Å². The van der Waals surface area contributed by atoms with Crippen LogP contribution < -0.4 is 0 Å². The molecule has 0 unspecified atom stereocenters. The molecule has 0 saturated carbocycles. The molecule has 0 aliphatic carbocycles. The van der Waals surface area contributed by atoms with E-state index >= 15 is 0 Å². The zero-order valence-corrected chi connectivity index (χ0v) is 14.1. The number of benzene rings is 1. The van der Waals surface area contributed by atoms with Gasteiger partial charge in [-0.15, -0.1) is 0 Å². The highest BCUT2D eigenvalue weighted by Gasteiger charge is 2.14. The van der Waals surface area contributed by atoms with Gasteiger partial charge in [0.05, 0.1) is 17.3 Å². The van der Waals surface area contributed by atoms with Gasteiger partial charge in [-0.2, -0.15) is 0 Å². The number of fused-ring (bicyclic) bond motifs is 1. The van der Waals surface area contributed by atoms with E-state index in [0.29, 0.717) is 29.5 Å². The van der Waals surface area contributed by atoms with Gasteiger partial charge in [-0.1, -0.05) is 19.1 Å². The minimum atomic E-state index is -0.655. The second kappa shape index (κ2) is 7.69. The Morgan fingerprint density at radius 1 is 1.04 bits per heavy atom. The summed E-state index contributed by atoms with van der Waals surface area (Å²) < 4.78 is 15.0. The fraction of sp³-hybridized carbons (Fsp3) is 0.211. The van der Waals surface area contributed by atoms with Gasteiger partial charge in [-0.05, 0) is 17.7 Å². The molecule has 0 radical (unpaired) electrons. The van der Waals surface area contributed by atoms with Crippen LogP contribution in [0.5, 0.6) is 0 Å². The van der Waals surface area contributed by atoms with E-state index in [1.165, 1.54) is 12.3 Å². The van der Waals surface area contributed by atoms with Crippen LogP contribution in [0.2, 0.25) is 0 Å². The molecule has 2 heterocycles. The Labute approximate surface area is 148 Å². The van der Waals surface area contributed by atoms with Crippen molar-refractivity contribution in [3.8, 4) is 0 Å². The van der Waals surface area contributed by atoms with E-state index in [-0.39, 0.29) is 11.5 Å². The van der Waals surface area contributed by atoms with Crippen LogP contribution in [-0.4, -0.2) is 29.5 Å². The van der Waals surface area contributed by atoms with Crippen LogP contribution in [0.25, 0.3) is 11.1 Å². The van der Waals surface area contributed by atoms with Gasteiger partial charge >= 0.3 is 11.9 Å². The maximum Gasteiger partial charge on any atom is 0.357 e. The normalized spacial score (nSPS) is 10.7. The van der Waals surface area contributed by atoms with Crippen molar-refractivity contribution in [2.75, 3.05) is 6.79 Å². The van der Waals surface area contributed by atoms with Crippen molar-refractivity contribution in [3.63, 3.8) is 0 Å². The summed E-state index contributed by atoms with van der Waals surface area (Å²) in [5, 5.41) is 0. The molecule has 0 fully saturated rings. The molecule has 0 aliphatic rings. The molecule has 0 spiro atoms. The molecule has 1 N–H and O–H groups in total. The summed E-state index contributed by atoms with van der Waals surface area (Å²) in [5.74, 6) is -1.15. The first-order valence-electron chi connectivity index (χ1n) is 8.08. The fourth-order valence-corrected chi connectivity index (χ4v) is 2.37. The third-order valence-corrected chi connectivity index (χ3v) is 3.83. The number of nitrogens with one attached hydrogen (secondary N) is 1. The van der Waals surface area contributed by atoms with Gasteiger partial charge in [0.2, 0.25) is 6.79 Å². The number of hydrogen-bond acceptors (Lipinski definition) is 6. The Kier molecular flexibility index (Phi) is 5.17. The highest BCUT2D eigenvalue weighted by molar-refractivity contribution is 5.93. The molecule has 3 aromatic rings. The first kappa shape index (κ1) is 17.5. The molecular formula is C19H17NO6. The summed E-state index contributed by atoms with van der Waals surface area (Å²) in [6.07, 6.45) is 2.31. The highest BCUT2D eigenvalue weighted by atomic mass is 16.7. The van der Waals surface area contributed by atoms with Gasteiger partial charge in [0.1, 0.15) is 11.5 Å². The molecule has 0 atom stereocenters. The molecule has 7 nitrogen and oxygen atoms in total. The Bertz CT molecular complexity index is 906. The number of carbonyl (C=O) groups excluding carboxylic acids is 3. The van der Waals surface area contributed by atoms with E-state index in [1.807, 2.05) is 0 Å². The molecular weight excluding hydrogens is 338 g/mol. The number of Topliss-reactive ketones (excluding diaryl/α,β-unsaturated/α-hetero) is 1. The maximum atomic E-state index is 11.9. The van der Waals surface area contributed by atoms with E-state index in [4.69, 9.17) is 13.9 Å². The molecule has 0 bridgehead atoms. The molecule has 0 aliphatic heterocycles. The standard InChI is InChI=1S/C19H17NO6/c1-2-14(21)9-12-3-5-13(6-4-12)18(22)25-11-26-19(23)16-10-17-15(20-16)7-8-24-17/h3-8,10,20H,2,9,11H2,1H3. The molecule has 1 aromatic carbocycles. The number of carbonyl (C=O) groups is 3. The lowest BCUT2D eigenvalue weighted by molar-refractivity contribution is -0.118. The van der Waals surface area contributed by atoms with Crippen molar-refractivity contribution in [3.05, 3.63) is 59.5 Å². The quantitative estimate of drug-likeness (QED) is 0.516. The van der Waals surface area contributed by atoms with Crippen LogP contribution >= 0.6 is 0 Å². The van der Waals surface area contributed by atoms with Crippen molar-refractivity contribution in [2.45, 2.75) is 19.8 Å². The lowest BCUT2D eigenvalue weighted by Gasteiger charge is -2.06. The van der Waals surface area contributed by atoms with Crippen LogP contribution in [0.15, 0.2) is 47.1 Å². The number of aromatic nitrogens is 1. The van der Waals surface area contributed by atoms with Crippen molar-refractivity contribution in [2.24, 2.45) is 0 Å². The van der Waals surface area contributed by atoms with Gasteiger partial charge in [0, 0.05) is 25.0 Å². The van der Waals surface area contributed by atoms with Crippen molar-refractivity contribution in [1.82, 2.24) is 4.98 Å². The van der Waals surface area contributed by atoms with Gasteiger partial charge in [-0.3, -0.25) is 4.79 Å². The van der Waals surface area contributed by atoms with Crippen molar-refractivity contribution >= 4 is 28.8 Å². The molecule has 0 saturated heterocycles. The minimum absolute atomic E-state index is 0.128. The van der Waals surface area contributed by atoms with E-state index < -0.39 is 18.7 Å². The minimum Gasteiger partial charge on any atom is -0.463 e. The summed E-state index contributed by atoms with van der Waals surface area (Å²) in [5.41, 5.74) is 2.56. The Balaban J connectivity index is 1.49. The van der Waals surface area contributed by atoms with E-state index in [0.717, 1.165) is 5.56 Å². The number of H-pyrrole nitrogens is 1. The van der Waals surface area contributed by atoms with Gasteiger partial charge in [0.25, 0.3) is 0 Å². The average Bonchev–Trinajstić information content (AvgIpc) is 3.24. The number of rotatable bonds is 7. The summed E-state index contributed by atoms with van der Waals surface area (Å²) in [6, 6.07) is 9.73. The van der Waals surface area contributed by atoms with Gasteiger partial charge in [0.15, 0.2) is 5.58 Å². The van der Waals surface area contributed by atoms with Gasteiger partial charge in [-0.25, -0.2) is 9.59 Å². The Morgan fingerprint density at radius 3 is 2.46 bits per heavy atom. The predicted molar refractivity (Wildman–Crippen MR) is 91.7 cm³/mol. The zero-order chi connectivity index (χ0) is 18.5. The molecule has 26 heavy (non-hydrogen) atoms. The number of aromatic amines is 1. The third-order valence-electron chi connectivity index (χ3n) is 3.83. The lowest BCUT2D eigenvalue weighted by Crippen LogP contribution is -2.13. The largest absolute Gasteiger partial charge is 0.463 e. The average molecular weight is 355 g/mol. The second-order valence-corrected chi connectivity index (χ2v) is 5.63. The number of ether oxygens (including phenoxy) is 2. The number of esters is 2. The predicted octanol–water partition coefficient (Wildman–Crippen LogP) is 3.25. The Hall–Kier alpha value is -3.35. The number of ketones is 1. The smallest absolute Gasteiger partial charge is 0.357 e. The summed E-state index contributed by atoms with van der Waals surface area (Å²) in [7, 11) is 0. The lowest BCUT2D eigenvalue weighted by atomic mass is 10.1. The number of furan rings is 1. The van der Waals surface area contributed by atoms with E-state index in [2.05, 4.69) is 4.98 Å². The summed E-state index contributed by atoms with van der Waals surface area (Å²) in [4.78, 5) is 38.1. The third kappa shape index (κ3) is 4.00. The summed E-state index contributed by atoms with van der Waals surface area (Å²) >= 11 is 0. The van der Waals surface area contributed by atoms with Crippen molar-refractivity contribution in [1.29, 1.82) is 0 Å². The SMILES string of the molecule is CCC(=O)Cc1ccc(C(=O)OCOC(=O)c2cc3occc3[nH]2)cc1. The molecule has 0 amide bonds. The molecule has 134 valence electrons. The fourth-order valence-electron chi connectivity index (χ4n) is 2.37. The topological polar surface area (TPSA) is 98.6 Å². The number of hydrogen-bond donors (Lipinski definition) is 1. The maximum absolute atomic E-state index is 11.9. The van der Waals surface area contributed by atoms with Crippen LogP contribution in [0.4, 0.5) is 0 Å². The second-order valence-electron chi connectivity index (χ2n) is 5.63. The molecule has 7 heteroatoms. The zero-order valence-electron chi connectivity index (χ0n) is 14.1. The highest BCUT2D eigenvalue weighted by Crippen LogP contribution is 2.16. The van der Waals surface area contributed by atoms with E-state index in [1.54, 1.807) is 37.3 Å². The first-order chi connectivity index (χ1) is 12.6. The van der Waals surface area contributed by atoms with Gasteiger partial charge < -0.3 is 18.9 Å².